The molecule has 1 N–H and O–H groups in total. The van der Waals surface area contributed by atoms with Gasteiger partial charge in [0.25, 0.3) is 0 Å². The molecule has 0 radical (unpaired) electrons. The van der Waals surface area contributed by atoms with Crippen molar-refractivity contribution in [3.8, 4) is 6.07 Å². The maximum Gasteiger partial charge on any atom is 0.0638 e. The van der Waals surface area contributed by atoms with E-state index in [1.54, 1.807) is 0 Å². The molecular formula is C12H23N3. The molecule has 1 aliphatic heterocycles. The molecular weight excluding hydrogens is 186 g/mol. The van der Waals surface area contributed by atoms with E-state index in [1.807, 2.05) is 0 Å². The van der Waals surface area contributed by atoms with Crippen LogP contribution in [0.4, 0.5) is 0 Å². The molecule has 0 bridgehead atoms. The molecule has 0 aromatic carbocycles. The van der Waals surface area contributed by atoms with Crippen LogP contribution in [0.25, 0.3) is 0 Å². The number of hydrogen-bond acceptors (Lipinski definition) is 3. The quantitative estimate of drug-likeness (QED) is 0.724. The topological polar surface area (TPSA) is 39.1 Å². The third-order valence-electron chi connectivity index (χ3n) is 3.14. The van der Waals surface area contributed by atoms with Gasteiger partial charge in [-0.2, -0.15) is 5.26 Å². The second-order valence-corrected chi connectivity index (χ2v) is 4.32. The molecule has 0 aromatic heterocycles. The summed E-state index contributed by atoms with van der Waals surface area (Å²) in [5, 5.41) is 12.1. The first-order valence-corrected chi connectivity index (χ1v) is 6.19. The Kier molecular flexibility index (Phi) is 6.38. The van der Waals surface area contributed by atoms with Crippen molar-refractivity contribution in [1.82, 2.24) is 10.2 Å². The minimum atomic E-state index is 0.389. The first-order chi connectivity index (χ1) is 7.36. The van der Waals surface area contributed by atoms with Gasteiger partial charge in [-0.25, -0.2) is 0 Å². The number of likely N-dealkylation sites (tertiary alicyclic amines) is 1. The summed E-state index contributed by atoms with van der Waals surface area (Å²) in [7, 11) is 0. The second-order valence-electron chi connectivity index (χ2n) is 4.32. The Labute approximate surface area is 93.5 Å². The van der Waals surface area contributed by atoms with Crippen molar-refractivity contribution in [2.24, 2.45) is 0 Å². The fourth-order valence-corrected chi connectivity index (χ4v) is 2.08. The molecule has 15 heavy (non-hydrogen) atoms. The molecule has 1 rings (SSSR count). The number of hydrogen-bond donors (Lipinski definition) is 1. The molecule has 3 heteroatoms. The Morgan fingerprint density at radius 3 is 2.67 bits per heavy atom. The zero-order chi connectivity index (χ0) is 10.9. The highest BCUT2D eigenvalue weighted by Gasteiger charge is 2.10. The summed E-state index contributed by atoms with van der Waals surface area (Å²) in [4.78, 5) is 2.52. The zero-order valence-electron chi connectivity index (χ0n) is 9.84. The largest absolute Gasteiger partial charge is 0.312 e. The lowest BCUT2D eigenvalue weighted by atomic mass is 10.1. The van der Waals surface area contributed by atoms with Gasteiger partial charge in [-0.3, -0.25) is 0 Å². The van der Waals surface area contributed by atoms with Crippen LogP contribution in [0.1, 0.15) is 39.0 Å². The fourth-order valence-electron chi connectivity index (χ4n) is 2.08. The van der Waals surface area contributed by atoms with Gasteiger partial charge in [-0.15, -0.1) is 0 Å². The Hall–Kier alpha value is -0.590. The molecule has 0 saturated carbocycles. The molecule has 1 atom stereocenters. The van der Waals surface area contributed by atoms with E-state index >= 15 is 0 Å². The third kappa shape index (κ3) is 5.15. The maximum atomic E-state index is 8.62. The lowest BCUT2D eigenvalue weighted by Gasteiger charge is -2.27. The van der Waals surface area contributed by atoms with Crippen molar-refractivity contribution in [3.05, 3.63) is 0 Å². The Morgan fingerprint density at radius 2 is 2.07 bits per heavy atom. The number of nitrogens with zero attached hydrogens (tertiary/aromatic N) is 2. The first kappa shape index (κ1) is 12.5. The highest BCUT2D eigenvalue weighted by atomic mass is 15.1. The summed E-state index contributed by atoms with van der Waals surface area (Å²) < 4.78 is 0. The molecule has 0 aromatic rings. The van der Waals surface area contributed by atoms with Crippen LogP contribution < -0.4 is 5.32 Å². The van der Waals surface area contributed by atoms with E-state index in [1.165, 1.54) is 32.4 Å². The van der Waals surface area contributed by atoms with E-state index in [-0.39, 0.29) is 0 Å². The predicted octanol–water partition coefficient (Wildman–Crippen LogP) is 1.75. The molecule has 0 spiro atoms. The van der Waals surface area contributed by atoms with E-state index in [4.69, 9.17) is 5.26 Å². The molecule has 0 aliphatic carbocycles. The number of piperidine rings is 1. The summed E-state index contributed by atoms with van der Waals surface area (Å²) in [5.41, 5.74) is 0. The number of nitrogens with one attached hydrogen (secondary N) is 1. The highest BCUT2D eigenvalue weighted by Crippen LogP contribution is 2.07. The van der Waals surface area contributed by atoms with Crippen LogP contribution in [0.5, 0.6) is 0 Å². The second kappa shape index (κ2) is 7.67. The highest BCUT2D eigenvalue weighted by molar-refractivity contribution is 4.80. The summed E-state index contributed by atoms with van der Waals surface area (Å²) in [6.07, 6.45) is 5.80. The average Bonchev–Trinajstić information content (AvgIpc) is 2.29. The van der Waals surface area contributed by atoms with Crippen LogP contribution in [-0.4, -0.2) is 37.1 Å². The van der Waals surface area contributed by atoms with Crippen LogP contribution in [0.2, 0.25) is 0 Å². The van der Waals surface area contributed by atoms with Gasteiger partial charge in [0.1, 0.15) is 0 Å². The van der Waals surface area contributed by atoms with Crippen molar-refractivity contribution in [2.75, 3.05) is 26.2 Å². The van der Waals surface area contributed by atoms with Crippen molar-refractivity contribution >= 4 is 0 Å². The van der Waals surface area contributed by atoms with Gasteiger partial charge >= 0.3 is 0 Å². The third-order valence-corrected chi connectivity index (χ3v) is 3.14. The smallest absolute Gasteiger partial charge is 0.0638 e. The van der Waals surface area contributed by atoms with Crippen molar-refractivity contribution in [3.63, 3.8) is 0 Å². The van der Waals surface area contributed by atoms with Crippen LogP contribution in [0.15, 0.2) is 0 Å². The SMILES string of the molecule is CCC(CC#N)NCCN1CCCCC1. The molecule has 1 unspecified atom stereocenters. The predicted molar refractivity (Wildman–Crippen MR) is 62.6 cm³/mol. The van der Waals surface area contributed by atoms with Crippen molar-refractivity contribution < 1.29 is 0 Å². The zero-order valence-corrected chi connectivity index (χ0v) is 9.84. The van der Waals surface area contributed by atoms with E-state index in [2.05, 4.69) is 23.2 Å². The molecule has 1 fully saturated rings. The minimum Gasteiger partial charge on any atom is -0.312 e. The fraction of sp³-hybridized carbons (Fsp3) is 0.917. The number of nitriles is 1. The standard InChI is InChI=1S/C12H23N3/c1-2-12(6-7-13)14-8-11-15-9-4-3-5-10-15/h12,14H,2-6,8-11H2,1H3. The van der Waals surface area contributed by atoms with Gasteiger partial charge in [0.2, 0.25) is 0 Å². The van der Waals surface area contributed by atoms with Crippen molar-refractivity contribution in [2.45, 2.75) is 45.1 Å². The molecule has 3 nitrogen and oxygen atoms in total. The van der Waals surface area contributed by atoms with E-state index in [0.717, 1.165) is 19.5 Å². The van der Waals surface area contributed by atoms with Gasteiger partial charge in [0.15, 0.2) is 0 Å². The van der Waals surface area contributed by atoms with E-state index in [9.17, 15) is 0 Å². The summed E-state index contributed by atoms with van der Waals surface area (Å²) in [5.74, 6) is 0. The summed E-state index contributed by atoms with van der Waals surface area (Å²) >= 11 is 0. The van der Waals surface area contributed by atoms with Crippen molar-refractivity contribution in [1.29, 1.82) is 5.26 Å². The maximum absolute atomic E-state index is 8.62. The van der Waals surface area contributed by atoms with E-state index < -0.39 is 0 Å². The lowest BCUT2D eigenvalue weighted by Crippen LogP contribution is -2.39. The van der Waals surface area contributed by atoms with Crippen LogP contribution in [-0.2, 0) is 0 Å². The summed E-state index contributed by atoms with van der Waals surface area (Å²) in [6.45, 7) is 6.82. The van der Waals surface area contributed by atoms with Crippen LogP contribution in [0, 0.1) is 11.3 Å². The molecule has 86 valence electrons. The Bertz CT molecular complexity index is 192. The average molecular weight is 209 g/mol. The van der Waals surface area contributed by atoms with Crippen LogP contribution >= 0.6 is 0 Å². The number of rotatable bonds is 6. The summed E-state index contributed by atoms with van der Waals surface area (Å²) in [6, 6.07) is 2.62. The van der Waals surface area contributed by atoms with Gasteiger partial charge in [0, 0.05) is 19.1 Å². The normalized spacial score (nSPS) is 19.7. The first-order valence-electron chi connectivity index (χ1n) is 6.19. The van der Waals surface area contributed by atoms with Gasteiger partial charge in [-0.1, -0.05) is 13.3 Å². The lowest BCUT2D eigenvalue weighted by molar-refractivity contribution is 0.226. The monoisotopic (exact) mass is 209 g/mol. The van der Waals surface area contributed by atoms with Gasteiger partial charge in [0.05, 0.1) is 12.5 Å². The van der Waals surface area contributed by atoms with E-state index in [0.29, 0.717) is 12.5 Å². The molecule has 0 amide bonds. The Balaban J connectivity index is 2.06. The minimum absolute atomic E-state index is 0.389. The Morgan fingerprint density at radius 1 is 1.33 bits per heavy atom. The molecule has 1 saturated heterocycles. The molecule has 1 aliphatic rings. The van der Waals surface area contributed by atoms with Gasteiger partial charge in [-0.05, 0) is 32.4 Å². The van der Waals surface area contributed by atoms with Gasteiger partial charge < -0.3 is 10.2 Å². The van der Waals surface area contributed by atoms with Crippen LogP contribution in [0.3, 0.4) is 0 Å². The molecule has 1 heterocycles.